The van der Waals surface area contributed by atoms with Gasteiger partial charge in [0.05, 0.1) is 4.90 Å². The predicted molar refractivity (Wildman–Crippen MR) is 118 cm³/mol. The van der Waals surface area contributed by atoms with Crippen LogP contribution in [0.15, 0.2) is 59.5 Å². The first-order chi connectivity index (χ1) is 13.1. The SMILES string of the molecule is Cc1cc(C)c(S(=O)(=O)N[C@H](/C=C/[C@H](C)c2ccccc2)CC(C)C)c(C)c1. The lowest BCUT2D eigenvalue weighted by molar-refractivity contribution is 0.506. The molecule has 0 saturated heterocycles. The summed E-state index contributed by atoms with van der Waals surface area (Å²) in [5, 5.41) is 0. The molecule has 4 heteroatoms. The Hall–Kier alpha value is -1.91. The van der Waals surface area contributed by atoms with E-state index in [4.69, 9.17) is 0 Å². The van der Waals surface area contributed by atoms with E-state index in [9.17, 15) is 8.42 Å². The van der Waals surface area contributed by atoms with Gasteiger partial charge in [-0.25, -0.2) is 13.1 Å². The molecule has 2 aromatic rings. The molecule has 0 bridgehead atoms. The molecule has 0 unspecified atom stereocenters. The van der Waals surface area contributed by atoms with Gasteiger partial charge in [-0.3, -0.25) is 0 Å². The van der Waals surface area contributed by atoms with Crippen LogP contribution in [0, 0.1) is 26.7 Å². The van der Waals surface area contributed by atoms with Gasteiger partial charge >= 0.3 is 0 Å². The van der Waals surface area contributed by atoms with Crippen molar-refractivity contribution in [3.63, 3.8) is 0 Å². The van der Waals surface area contributed by atoms with Gasteiger partial charge in [-0.2, -0.15) is 0 Å². The standard InChI is InChI=1S/C24H33NO2S/c1-17(2)14-23(13-12-19(4)22-10-8-7-9-11-22)25-28(26,27)24-20(5)15-18(3)16-21(24)6/h7-13,15-17,19,23,25H,14H2,1-6H3/b13-12+/t19-,23+/m0/s1. The monoisotopic (exact) mass is 399 g/mol. The van der Waals surface area contributed by atoms with Crippen LogP contribution in [0.3, 0.4) is 0 Å². The van der Waals surface area contributed by atoms with Gasteiger partial charge in [-0.15, -0.1) is 0 Å². The van der Waals surface area contributed by atoms with Crippen LogP contribution in [0.5, 0.6) is 0 Å². The summed E-state index contributed by atoms with van der Waals surface area (Å²) in [7, 11) is -3.60. The Bertz CT molecular complexity index is 892. The maximum Gasteiger partial charge on any atom is 0.241 e. The highest BCUT2D eigenvalue weighted by atomic mass is 32.2. The Labute approximate surface area is 170 Å². The molecule has 2 rings (SSSR count). The van der Waals surface area contributed by atoms with Crippen molar-refractivity contribution in [2.24, 2.45) is 5.92 Å². The molecule has 0 saturated carbocycles. The van der Waals surface area contributed by atoms with Crippen molar-refractivity contribution >= 4 is 10.0 Å². The van der Waals surface area contributed by atoms with E-state index in [1.165, 1.54) is 5.56 Å². The van der Waals surface area contributed by atoms with Crippen molar-refractivity contribution in [1.82, 2.24) is 4.72 Å². The summed E-state index contributed by atoms with van der Waals surface area (Å²) in [6.45, 7) is 12.1. The highest BCUT2D eigenvalue weighted by Crippen LogP contribution is 2.23. The zero-order valence-corrected chi connectivity index (χ0v) is 18.7. The summed E-state index contributed by atoms with van der Waals surface area (Å²) < 4.78 is 29.2. The van der Waals surface area contributed by atoms with Crippen molar-refractivity contribution in [3.05, 3.63) is 76.9 Å². The second-order valence-corrected chi connectivity index (χ2v) is 9.82. The van der Waals surface area contributed by atoms with E-state index < -0.39 is 10.0 Å². The topological polar surface area (TPSA) is 46.2 Å². The number of sulfonamides is 1. The molecular formula is C24H33NO2S. The third-order valence-electron chi connectivity index (χ3n) is 4.86. The number of nitrogens with one attached hydrogen (secondary N) is 1. The lowest BCUT2D eigenvalue weighted by Crippen LogP contribution is -2.35. The molecule has 0 amide bonds. The van der Waals surface area contributed by atoms with E-state index in [1.807, 2.05) is 57.2 Å². The highest BCUT2D eigenvalue weighted by molar-refractivity contribution is 7.89. The van der Waals surface area contributed by atoms with Gasteiger partial charge in [0, 0.05) is 6.04 Å². The average Bonchev–Trinajstić information content (AvgIpc) is 2.58. The van der Waals surface area contributed by atoms with E-state index in [0.717, 1.165) is 23.1 Å². The van der Waals surface area contributed by atoms with Crippen molar-refractivity contribution in [3.8, 4) is 0 Å². The third-order valence-corrected chi connectivity index (χ3v) is 6.66. The fraction of sp³-hybridized carbons (Fsp3) is 0.417. The fourth-order valence-corrected chi connectivity index (χ4v) is 5.35. The second-order valence-electron chi connectivity index (χ2n) is 8.17. The molecule has 0 spiro atoms. The van der Waals surface area contributed by atoms with Crippen LogP contribution in [0.25, 0.3) is 0 Å². The van der Waals surface area contributed by atoms with Crippen LogP contribution >= 0.6 is 0 Å². The first-order valence-corrected chi connectivity index (χ1v) is 11.4. The van der Waals surface area contributed by atoms with Crippen LogP contribution in [-0.4, -0.2) is 14.5 Å². The molecule has 0 heterocycles. The average molecular weight is 400 g/mol. The Balaban J connectivity index is 2.27. The molecule has 1 N–H and O–H groups in total. The normalized spacial score (nSPS) is 14.5. The fourth-order valence-electron chi connectivity index (χ4n) is 3.69. The molecule has 2 atom stereocenters. The Morgan fingerprint density at radius 2 is 1.50 bits per heavy atom. The minimum Gasteiger partial charge on any atom is -0.207 e. The molecule has 28 heavy (non-hydrogen) atoms. The zero-order chi connectivity index (χ0) is 20.9. The number of hydrogen-bond donors (Lipinski definition) is 1. The van der Waals surface area contributed by atoms with Gasteiger partial charge in [0.1, 0.15) is 0 Å². The third kappa shape index (κ3) is 6.05. The van der Waals surface area contributed by atoms with Gasteiger partial charge in [0.2, 0.25) is 10.0 Å². The quantitative estimate of drug-likeness (QED) is 0.582. The Morgan fingerprint density at radius 1 is 0.929 bits per heavy atom. The van der Waals surface area contributed by atoms with Crippen molar-refractivity contribution in [1.29, 1.82) is 0 Å². The molecule has 152 valence electrons. The number of benzene rings is 2. The van der Waals surface area contributed by atoms with Crippen LogP contribution in [0.2, 0.25) is 0 Å². The summed E-state index contributed by atoms with van der Waals surface area (Å²) >= 11 is 0. The maximum atomic E-state index is 13.1. The lowest BCUT2D eigenvalue weighted by atomic mass is 9.98. The Kier molecular flexibility index (Phi) is 7.62. The number of hydrogen-bond acceptors (Lipinski definition) is 2. The number of allylic oxidation sites excluding steroid dienone is 1. The molecule has 3 nitrogen and oxygen atoms in total. The summed E-state index contributed by atoms with van der Waals surface area (Å²) in [6, 6.07) is 13.8. The van der Waals surface area contributed by atoms with Gasteiger partial charge in [-0.1, -0.05) is 81.0 Å². The number of aryl methyl sites for hydroxylation is 3. The zero-order valence-electron chi connectivity index (χ0n) is 17.9. The largest absolute Gasteiger partial charge is 0.241 e. The van der Waals surface area contributed by atoms with E-state index >= 15 is 0 Å². The molecule has 0 fully saturated rings. The van der Waals surface area contributed by atoms with Crippen molar-refractivity contribution in [2.45, 2.75) is 64.8 Å². The first-order valence-electron chi connectivity index (χ1n) is 9.93. The molecule has 0 aliphatic heterocycles. The van der Waals surface area contributed by atoms with Gasteiger partial charge in [0.25, 0.3) is 0 Å². The van der Waals surface area contributed by atoms with E-state index in [-0.39, 0.29) is 12.0 Å². The van der Waals surface area contributed by atoms with Crippen LogP contribution < -0.4 is 4.72 Å². The summed E-state index contributed by atoms with van der Waals surface area (Å²) in [6.07, 6.45) is 4.86. The van der Waals surface area contributed by atoms with E-state index in [0.29, 0.717) is 10.8 Å². The van der Waals surface area contributed by atoms with Crippen LogP contribution in [-0.2, 0) is 10.0 Å². The number of rotatable bonds is 8. The van der Waals surface area contributed by atoms with Crippen LogP contribution in [0.4, 0.5) is 0 Å². The maximum absolute atomic E-state index is 13.1. The minimum absolute atomic E-state index is 0.225. The Morgan fingerprint density at radius 3 is 2.04 bits per heavy atom. The minimum atomic E-state index is -3.60. The van der Waals surface area contributed by atoms with E-state index in [2.05, 4.69) is 43.7 Å². The van der Waals surface area contributed by atoms with Gasteiger partial charge in [0.15, 0.2) is 0 Å². The molecule has 0 aliphatic carbocycles. The van der Waals surface area contributed by atoms with Crippen molar-refractivity contribution in [2.75, 3.05) is 0 Å². The second kappa shape index (κ2) is 9.53. The van der Waals surface area contributed by atoms with Gasteiger partial charge < -0.3 is 0 Å². The summed E-state index contributed by atoms with van der Waals surface area (Å²) in [4.78, 5) is 0.399. The lowest BCUT2D eigenvalue weighted by Gasteiger charge is -2.20. The smallest absolute Gasteiger partial charge is 0.207 e. The molecule has 0 aliphatic rings. The molecule has 2 aromatic carbocycles. The summed E-state index contributed by atoms with van der Waals surface area (Å²) in [5.41, 5.74) is 3.87. The highest BCUT2D eigenvalue weighted by Gasteiger charge is 2.23. The van der Waals surface area contributed by atoms with Gasteiger partial charge in [-0.05, 0) is 55.7 Å². The van der Waals surface area contributed by atoms with E-state index in [1.54, 1.807) is 0 Å². The van der Waals surface area contributed by atoms with Crippen molar-refractivity contribution < 1.29 is 8.42 Å². The summed E-state index contributed by atoms with van der Waals surface area (Å²) in [5.74, 6) is 0.604. The molecule has 0 radical (unpaired) electrons. The molecule has 0 aromatic heterocycles. The first kappa shape index (κ1) is 22.4. The molecular weight excluding hydrogens is 366 g/mol. The van der Waals surface area contributed by atoms with Crippen LogP contribution in [0.1, 0.15) is 55.4 Å². The predicted octanol–water partition coefficient (Wildman–Crippen LogP) is 5.66.